The van der Waals surface area contributed by atoms with Gasteiger partial charge in [-0.3, -0.25) is 4.79 Å². The van der Waals surface area contributed by atoms with Gasteiger partial charge in [-0.1, -0.05) is 11.6 Å². The lowest BCUT2D eigenvalue weighted by atomic mass is 10.1. The highest BCUT2D eigenvalue weighted by molar-refractivity contribution is 6.32. The first-order chi connectivity index (χ1) is 9.52. The first kappa shape index (κ1) is 14.2. The summed E-state index contributed by atoms with van der Waals surface area (Å²) in [6.07, 6.45) is 0. The monoisotopic (exact) mass is 290 g/mol. The molecule has 2 rings (SSSR count). The summed E-state index contributed by atoms with van der Waals surface area (Å²) in [5.74, 6) is -0.224. The van der Waals surface area contributed by atoms with Crippen LogP contribution in [0.5, 0.6) is 5.75 Å². The zero-order valence-electron chi connectivity index (χ0n) is 11.0. The van der Waals surface area contributed by atoms with E-state index < -0.39 is 0 Å². The molecular formula is C15H15ClN2O2. The second-order valence-corrected chi connectivity index (χ2v) is 4.71. The minimum absolute atomic E-state index is 0.0428. The standard InChI is InChI=1S/C15H15ClN2O2/c1-2-18(12-6-4-11(17)5-7-12)15(20)10-3-8-14(19)13(16)9-10/h3-9,19H,2,17H2,1H3. The number of nitrogens with two attached hydrogens (primary N) is 1. The summed E-state index contributed by atoms with van der Waals surface area (Å²) in [6.45, 7) is 2.40. The number of anilines is 2. The summed E-state index contributed by atoms with van der Waals surface area (Å²) in [5.41, 5.74) is 7.47. The molecule has 0 aromatic heterocycles. The summed E-state index contributed by atoms with van der Waals surface area (Å²) in [6, 6.07) is 11.5. The SMILES string of the molecule is CCN(C(=O)c1ccc(O)c(Cl)c1)c1ccc(N)cc1. The van der Waals surface area contributed by atoms with Crippen molar-refractivity contribution in [1.29, 1.82) is 0 Å². The predicted molar refractivity (Wildman–Crippen MR) is 81.3 cm³/mol. The van der Waals surface area contributed by atoms with Crippen LogP contribution in [0.15, 0.2) is 42.5 Å². The minimum Gasteiger partial charge on any atom is -0.506 e. The number of phenols is 1. The Kier molecular flexibility index (Phi) is 4.15. The van der Waals surface area contributed by atoms with Gasteiger partial charge in [0.15, 0.2) is 0 Å². The molecule has 5 heteroatoms. The lowest BCUT2D eigenvalue weighted by Crippen LogP contribution is -2.30. The number of halogens is 1. The molecule has 2 aromatic carbocycles. The molecule has 0 saturated heterocycles. The number of amides is 1. The molecule has 4 nitrogen and oxygen atoms in total. The fraction of sp³-hybridized carbons (Fsp3) is 0.133. The van der Waals surface area contributed by atoms with E-state index in [0.29, 0.717) is 17.8 Å². The maximum atomic E-state index is 12.5. The molecule has 0 unspecified atom stereocenters. The molecule has 0 bridgehead atoms. The molecule has 1 amide bonds. The highest BCUT2D eigenvalue weighted by Crippen LogP contribution is 2.25. The molecule has 0 atom stereocenters. The Balaban J connectivity index is 2.33. The largest absolute Gasteiger partial charge is 0.506 e. The Labute approximate surface area is 122 Å². The molecule has 20 heavy (non-hydrogen) atoms. The number of aromatic hydroxyl groups is 1. The van der Waals surface area contributed by atoms with E-state index in [9.17, 15) is 9.90 Å². The third-order valence-corrected chi connectivity index (χ3v) is 3.26. The lowest BCUT2D eigenvalue weighted by molar-refractivity contribution is 0.0988. The Morgan fingerprint density at radius 2 is 1.90 bits per heavy atom. The van der Waals surface area contributed by atoms with E-state index in [1.165, 1.54) is 12.1 Å². The molecule has 0 aliphatic rings. The fourth-order valence-corrected chi connectivity index (χ4v) is 2.07. The fourth-order valence-electron chi connectivity index (χ4n) is 1.89. The Bertz CT molecular complexity index is 626. The van der Waals surface area contributed by atoms with Crippen LogP contribution in [0.3, 0.4) is 0 Å². The lowest BCUT2D eigenvalue weighted by Gasteiger charge is -2.21. The van der Waals surface area contributed by atoms with Crippen molar-refractivity contribution in [3.05, 3.63) is 53.1 Å². The number of benzene rings is 2. The van der Waals surface area contributed by atoms with Gasteiger partial charge in [-0.15, -0.1) is 0 Å². The highest BCUT2D eigenvalue weighted by Gasteiger charge is 2.17. The van der Waals surface area contributed by atoms with Crippen molar-refractivity contribution >= 4 is 28.9 Å². The van der Waals surface area contributed by atoms with Crippen LogP contribution in [0.4, 0.5) is 11.4 Å². The van der Waals surface area contributed by atoms with Gasteiger partial charge in [0.25, 0.3) is 5.91 Å². The van der Waals surface area contributed by atoms with Crippen LogP contribution in [0.1, 0.15) is 17.3 Å². The van der Waals surface area contributed by atoms with Crippen LogP contribution >= 0.6 is 11.6 Å². The Morgan fingerprint density at radius 3 is 2.45 bits per heavy atom. The smallest absolute Gasteiger partial charge is 0.258 e. The van der Waals surface area contributed by atoms with E-state index in [1.807, 2.05) is 6.92 Å². The van der Waals surface area contributed by atoms with E-state index in [1.54, 1.807) is 35.2 Å². The summed E-state index contributed by atoms with van der Waals surface area (Å²) in [5, 5.41) is 9.55. The highest BCUT2D eigenvalue weighted by atomic mass is 35.5. The Morgan fingerprint density at radius 1 is 1.25 bits per heavy atom. The molecule has 0 aliphatic carbocycles. The van der Waals surface area contributed by atoms with Crippen LogP contribution in [0.2, 0.25) is 5.02 Å². The molecule has 2 aromatic rings. The first-order valence-corrected chi connectivity index (χ1v) is 6.56. The van der Waals surface area contributed by atoms with Crippen LogP contribution in [-0.4, -0.2) is 17.6 Å². The number of nitrogen functional groups attached to an aromatic ring is 1. The molecular weight excluding hydrogens is 276 g/mol. The summed E-state index contributed by atoms with van der Waals surface area (Å²) < 4.78 is 0. The predicted octanol–water partition coefficient (Wildman–Crippen LogP) is 3.29. The van der Waals surface area contributed by atoms with Crippen molar-refractivity contribution in [1.82, 2.24) is 0 Å². The molecule has 0 aliphatic heterocycles. The third-order valence-electron chi connectivity index (χ3n) is 2.96. The van der Waals surface area contributed by atoms with Crippen molar-refractivity contribution < 1.29 is 9.90 Å². The molecule has 0 radical (unpaired) electrons. The quantitative estimate of drug-likeness (QED) is 0.852. The van der Waals surface area contributed by atoms with Gasteiger partial charge in [-0.05, 0) is 49.4 Å². The van der Waals surface area contributed by atoms with E-state index >= 15 is 0 Å². The maximum Gasteiger partial charge on any atom is 0.258 e. The summed E-state index contributed by atoms with van der Waals surface area (Å²) >= 11 is 5.84. The number of carbonyl (C=O) groups excluding carboxylic acids is 1. The second kappa shape index (κ2) is 5.84. The minimum atomic E-state index is -0.181. The van der Waals surface area contributed by atoms with E-state index in [2.05, 4.69) is 0 Å². The van der Waals surface area contributed by atoms with Gasteiger partial charge in [0.1, 0.15) is 5.75 Å². The number of carbonyl (C=O) groups is 1. The molecule has 0 heterocycles. The van der Waals surface area contributed by atoms with Crippen molar-refractivity contribution in [2.24, 2.45) is 0 Å². The van der Waals surface area contributed by atoms with Crippen molar-refractivity contribution in [3.63, 3.8) is 0 Å². The normalized spacial score (nSPS) is 10.3. The average Bonchev–Trinajstić information content (AvgIpc) is 2.44. The molecule has 0 saturated carbocycles. The van der Waals surface area contributed by atoms with Gasteiger partial charge in [0, 0.05) is 23.5 Å². The van der Waals surface area contributed by atoms with Crippen molar-refractivity contribution in [3.8, 4) is 5.75 Å². The number of hydrogen-bond acceptors (Lipinski definition) is 3. The molecule has 0 spiro atoms. The molecule has 0 fully saturated rings. The first-order valence-electron chi connectivity index (χ1n) is 6.19. The zero-order chi connectivity index (χ0) is 14.7. The van der Waals surface area contributed by atoms with Gasteiger partial charge in [0.05, 0.1) is 5.02 Å². The van der Waals surface area contributed by atoms with Gasteiger partial charge in [-0.25, -0.2) is 0 Å². The van der Waals surface area contributed by atoms with Crippen LogP contribution in [-0.2, 0) is 0 Å². The van der Waals surface area contributed by atoms with Gasteiger partial charge >= 0.3 is 0 Å². The van der Waals surface area contributed by atoms with Crippen molar-refractivity contribution in [2.75, 3.05) is 17.2 Å². The number of phenolic OH excluding ortho intramolecular Hbond substituents is 1. The van der Waals surface area contributed by atoms with E-state index in [0.717, 1.165) is 5.69 Å². The van der Waals surface area contributed by atoms with E-state index in [4.69, 9.17) is 17.3 Å². The average molecular weight is 291 g/mol. The number of hydrogen-bond donors (Lipinski definition) is 2. The van der Waals surface area contributed by atoms with Gasteiger partial charge in [-0.2, -0.15) is 0 Å². The molecule has 104 valence electrons. The summed E-state index contributed by atoms with van der Waals surface area (Å²) in [4.78, 5) is 14.1. The van der Waals surface area contributed by atoms with Gasteiger partial charge < -0.3 is 15.7 Å². The van der Waals surface area contributed by atoms with Crippen molar-refractivity contribution in [2.45, 2.75) is 6.92 Å². The molecule has 3 N–H and O–H groups in total. The summed E-state index contributed by atoms with van der Waals surface area (Å²) in [7, 11) is 0. The van der Waals surface area contributed by atoms with Gasteiger partial charge in [0.2, 0.25) is 0 Å². The topological polar surface area (TPSA) is 66.6 Å². The number of rotatable bonds is 3. The Hall–Kier alpha value is -2.20. The second-order valence-electron chi connectivity index (χ2n) is 4.31. The zero-order valence-corrected chi connectivity index (χ0v) is 11.8. The number of nitrogens with zero attached hydrogens (tertiary/aromatic N) is 1. The third kappa shape index (κ3) is 2.86. The van der Waals surface area contributed by atoms with E-state index in [-0.39, 0.29) is 16.7 Å². The maximum absolute atomic E-state index is 12.5. The van der Waals surface area contributed by atoms with Crippen LogP contribution in [0.25, 0.3) is 0 Å². The van der Waals surface area contributed by atoms with Crippen LogP contribution < -0.4 is 10.6 Å². The van der Waals surface area contributed by atoms with Crippen LogP contribution in [0, 0.1) is 0 Å².